The highest BCUT2D eigenvalue weighted by Gasteiger charge is 2.24. The van der Waals surface area contributed by atoms with Gasteiger partial charge in [0.15, 0.2) is 0 Å². The molecule has 6 nitrogen and oxygen atoms in total. The van der Waals surface area contributed by atoms with Gasteiger partial charge in [-0.25, -0.2) is 0 Å². The first-order chi connectivity index (χ1) is 11.4. The van der Waals surface area contributed by atoms with Crippen LogP contribution in [0.3, 0.4) is 0 Å². The van der Waals surface area contributed by atoms with Crippen LogP contribution < -0.4 is 5.32 Å². The number of fused-ring (bicyclic) bond motifs is 1. The second-order valence-corrected chi connectivity index (χ2v) is 5.96. The number of amides is 1. The number of nitrogens with one attached hydrogen (secondary N) is 1. The van der Waals surface area contributed by atoms with E-state index < -0.39 is 12.0 Å². The van der Waals surface area contributed by atoms with E-state index in [0.717, 1.165) is 17.4 Å². The molecular formula is C18H24N2O4. The van der Waals surface area contributed by atoms with E-state index in [1.807, 2.05) is 44.2 Å². The van der Waals surface area contributed by atoms with Crippen LogP contribution in [-0.2, 0) is 9.59 Å². The van der Waals surface area contributed by atoms with Crippen molar-refractivity contribution in [2.45, 2.75) is 39.3 Å². The molecule has 1 heterocycles. The Balaban J connectivity index is 2.04. The highest BCUT2D eigenvalue weighted by atomic mass is 16.4. The number of aliphatic carboxylic acids is 1. The molecule has 1 aromatic heterocycles. The lowest BCUT2D eigenvalue weighted by Crippen LogP contribution is -2.47. The quantitative estimate of drug-likeness (QED) is 0.777. The number of rotatable bonds is 8. The minimum atomic E-state index is -0.937. The second kappa shape index (κ2) is 7.97. The van der Waals surface area contributed by atoms with Crippen molar-refractivity contribution >= 4 is 22.8 Å². The van der Waals surface area contributed by atoms with E-state index in [1.165, 1.54) is 0 Å². The van der Waals surface area contributed by atoms with E-state index in [2.05, 4.69) is 5.32 Å². The minimum Gasteiger partial charge on any atom is -0.480 e. The maximum atomic E-state index is 12.5. The lowest BCUT2D eigenvalue weighted by atomic mass is 10.2. The van der Waals surface area contributed by atoms with Crippen LogP contribution in [0.25, 0.3) is 11.0 Å². The zero-order chi connectivity index (χ0) is 17.7. The Morgan fingerprint density at radius 1 is 1.29 bits per heavy atom. The Morgan fingerprint density at radius 2 is 2.00 bits per heavy atom. The summed E-state index contributed by atoms with van der Waals surface area (Å²) in [7, 11) is 0. The fourth-order valence-corrected chi connectivity index (χ4v) is 2.66. The van der Waals surface area contributed by atoms with Crippen LogP contribution in [0.4, 0.5) is 0 Å². The Bertz CT molecular complexity index is 677. The lowest BCUT2D eigenvalue weighted by molar-refractivity contribution is -0.140. The number of nitrogens with zero attached hydrogens (tertiary/aromatic N) is 1. The molecule has 6 heteroatoms. The van der Waals surface area contributed by atoms with Crippen molar-refractivity contribution in [1.29, 1.82) is 0 Å². The predicted molar refractivity (Wildman–Crippen MR) is 91.7 cm³/mol. The number of hydrogen-bond donors (Lipinski definition) is 2. The summed E-state index contributed by atoms with van der Waals surface area (Å²) in [5, 5.41) is 12.9. The van der Waals surface area contributed by atoms with Gasteiger partial charge >= 0.3 is 5.97 Å². The standard InChI is InChI=1S/C18H24N2O4/c1-4-9-20(11-17(21)22)13(3)18(23)19-12(2)16-10-14-7-5-6-8-15(14)24-16/h5-8,10,12-13H,4,9,11H2,1-3H3,(H,19,23)(H,21,22). The molecule has 2 N–H and O–H groups in total. The molecule has 2 unspecified atom stereocenters. The highest BCUT2D eigenvalue weighted by molar-refractivity contribution is 5.83. The largest absolute Gasteiger partial charge is 0.480 e. The molecular weight excluding hydrogens is 308 g/mol. The van der Waals surface area contributed by atoms with Gasteiger partial charge in [-0.15, -0.1) is 0 Å². The van der Waals surface area contributed by atoms with Crippen LogP contribution in [0.15, 0.2) is 34.7 Å². The van der Waals surface area contributed by atoms with Gasteiger partial charge in [0, 0.05) is 5.39 Å². The van der Waals surface area contributed by atoms with Crippen LogP contribution >= 0.6 is 0 Å². The van der Waals surface area contributed by atoms with Gasteiger partial charge in [0.05, 0.1) is 18.6 Å². The Labute approximate surface area is 141 Å². The molecule has 0 saturated carbocycles. The Kier molecular flexibility index (Phi) is 5.98. The topological polar surface area (TPSA) is 82.8 Å². The maximum Gasteiger partial charge on any atom is 0.317 e. The summed E-state index contributed by atoms with van der Waals surface area (Å²) < 4.78 is 5.76. The molecule has 1 aromatic carbocycles. The molecule has 0 aliphatic rings. The van der Waals surface area contributed by atoms with E-state index in [9.17, 15) is 9.59 Å². The molecule has 0 spiro atoms. The van der Waals surface area contributed by atoms with Crippen LogP contribution in [-0.4, -0.2) is 41.0 Å². The van der Waals surface area contributed by atoms with Gasteiger partial charge < -0.3 is 14.8 Å². The van der Waals surface area contributed by atoms with E-state index in [-0.39, 0.29) is 18.5 Å². The first kappa shape index (κ1) is 18.0. The molecule has 0 fully saturated rings. The number of carboxylic acids is 1. The van der Waals surface area contributed by atoms with Crippen molar-refractivity contribution in [1.82, 2.24) is 10.2 Å². The fourth-order valence-electron chi connectivity index (χ4n) is 2.66. The lowest BCUT2D eigenvalue weighted by Gasteiger charge is -2.27. The Morgan fingerprint density at radius 3 is 2.62 bits per heavy atom. The van der Waals surface area contributed by atoms with E-state index >= 15 is 0 Å². The number of para-hydroxylation sites is 1. The zero-order valence-electron chi connectivity index (χ0n) is 14.3. The summed E-state index contributed by atoms with van der Waals surface area (Å²) in [5.41, 5.74) is 0.778. The van der Waals surface area contributed by atoms with Crippen molar-refractivity contribution in [2.75, 3.05) is 13.1 Å². The molecule has 0 radical (unpaired) electrons. The van der Waals surface area contributed by atoms with Gasteiger partial charge in [0.1, 0.15) is 11.3 Å². The average molecular weight is 332 g/mol. The molecule has 24 heavy (non-hydrogen) atoms. The monoisotopic (exact) mass is 332 g/mol. The molecule has 0 aliphatic heterocycles. The van der Waals surface area contributed by atoms with Gasteiger partial charge in [-0.2, -0.15) is 0 Å². The van der Waals surface area contributed by atoms with E-state index in [1.54, 1.807) is 11.8 Å². The molecule has 130 valence electrons. The summed E-state index contributed by atoms with van der Waals surface area (Å²) >= 11 is 0. The third kappa shape index (κ3) is 4.35. The number of carbonyl (C=O) groups excluding carboxylic acids is 1. The number of furan rings is 1. The number of benzene rings is 1. The number of carboxylic acid groups (broad SMARTS) is 1. The maximum absolute atomic E-state index is 12.5. The summed E-state index contributed by atoms with van der Waals surface area (Å²) in [5.74, 6) is -0.469. The second-order valence-electron chi connectivity index (χ2n) is 5.96. The number of hydrogen-bond acceptors (Lipinski definition) is 4. The molecule has 0 saturated heterocycles. The summed E-state index contributed by atoms with van der Waals surface area (Å²) in [6, 6.07) is 8.76. The molecule has 2 rings (SSSR count). The summed E-state index contributed by atoms with van der Waals surface area (Å²) in [4.78, 5) is 25.1. The van der Waals surface area contributed by atoms with Gasteiger partial charge in [-0.1, -0.05) is 25.1 Å². The molecule has 2 aromatic rings. The van der Waals surface area contributed by atoms with Crippen LogP contribution in [0, 0.1) is 0 Å². The van der Waals surface area contributed by atoms with Crippen LogP contribution in [0.2, 0.25) is 0 Å². The third-order valence-electron chi connectivity index (χ3n) is 4.01. The van der Waals surface area contributed by atoms with Crippen molar-refractivity contribution < 1.29 is 19.1 Å². The van der Waals surface area contributed by atoms with Gasteiger partial charge in [-0.3, -0.25) is 14.5 Å². The summed E-state index contributed by atoms with van der Waals surface area (Å²) in [6.45, 7) is 5.93. The molecule has 1 amide bonds. The SMILES string of the molecule is CCCN(CC(=O)O)C(C)C(=O)NC(C)c1cc2ccccc2o1. The highest BCUT2D eigenvalue weighted by Crippen LogP contribution is 2.23. The van der Waals surface area contributed by atoms with Gasteiger partial charge in [-0.05, 0) is 38.9 Å². The first-order valence-corrected chi connectivity index (χ1v) is 8.17. The smallest absolute Gasteiger partial charge is 0.317 e. The van der Waals surface area contributed by atoms with E-state index in [4.69, 9.17) is 9.52 Å². The molecule has 0 bridgehead atoms. The first-order valence-electron chi connectivity index (χ1n) is 8.17. The average Bonchev–Trinajstić information content (AvgIpc) is 2.97. The van der Waals surface area contributed by atoms with Gasteiger partial charge in [0.25, 0.3) is 0 Å². The number of carbonyl (C=O) groups is 2. The third-order valence-corrected chi connectivity index (χ3v) is 4.01. The van der Waals surface area contributed by atoms with Crippen molar-refractivity contribution in [3.05, 3.63) is 36.1 Å². The van der Waals surface area contributed by atoms with Crippen LogP contribution in [0.5, 0.6) is 0 Å². The van der Waals surface area contributed by atoms with Crippen molar-refractivity contribution in [3.63, 3.8) is 0 Å². The van der Waals surface area contributed by atoms with Crippen molar-refractivity contribution in [2.24, 2.45) is 0 Å². The summed E-state index contributed by atoms with van der Waals surface area (Å²) in [6.07, 6.45) is 0.782. The van der Waals surface area contributed by atoms with Crippen molar-refractivity contribution in [3.8, 4) is 0 Å². The fraction of sp³-hybridized carbons (Fsp3) is 0.444. The van der Waals surface area contributed by atoms with Crippen LogP contribution in [0.1, 0.15) is 39.0 Å². The predicted octanol–water partition coefficient (Wildman–Crippen LogP) is 2.80. The zero-order valence-corrected chi connectivity index (χ0v) is 14.3. The normalized spacial score (nSPS) is 13.8. The molecule has 2 atom stereocenters. The van der Waals surface area contributed by atoms with E-state index in [0.29, 0.717) is 12.3 Å². The molecule has 0 aliphatic carbocycles. The van der Waals surface area contributed by atoms with Gasteiger partial charge in [0.2, 0.25) is 5.91 Å². The Hall–Kier alpha value is -2.34. The minimum absolute atomic E-state index is 0.151.